The average Bonchev–Trinajstić information content (AvgIpc) is 3.05. The Morgan fingerprint density at radius 2 is 2.33 bits per heavy atom. The molecule has 1 N–H and O–H groups in total. The summed E-state index contributed by atoms with van der Waals surface area (Å²) in [5.41, 5.74) is 2.49. The van der Waals surface area contributed by atoms with Gasteiger partial charge in [0.2, 0.25) is 4.96 Å². The van der Waals surface area contributed by atoms with Crippen molar-refractivity contribution in [1.82, 2.24) is 24.9 Å². The third kappa shape index (κ3) is 2.06. The van der Waals surface area contributed by atoms with Crippen molar-refractivity contribution in [1.29, 1.82) is 0 Å². The first kappa shape index (κ1) is 12.9. The molecule has 1 unspecified atom stereocenters. The lowest BCUT2D eigenvalue weighted by molar-refractivity contribution is 0.559. The number of hydrogen-bond donors (Lipinski definition) is 1. The Bertz CT molecular complexity index is 774. The number of thiazole rings is 1. The molecular formula is C15H17N5S. The highest BCUT2D eigenvalue weighted by Crippen LogP contribution is 2.35. The molecule has 0 saturated heterocycles. The highest BCUT2D eigenvalue weighted by Gasteiger charge is 2.27. The molecule has 4 rings (SSSR count). The van der Waals surface area contributed by atoms with Crippen LogP contribution in [0.3, 0.4) is 0 Å². The first-order valence-corrected chi connectivity index (χ1v) is 8.07. The summed E-state index contributed by atoms with van der Waals surface area (Å²) in [6.07, 6.45) is 4.74. The van der Waals surface area contributed by atoms with Crippen molar-refractivity contribution in [2.75, 3.05) is 6.54 Å². The molecule has 1 atom stereocenters. The number of nitrogens with one attached hydrogen (secondary N) is 1. The monoisotopic (exact) mass is 299 g/mol. The van der Waals surface area contributed by atoms with Crippen LogP contribution in [0.2, 0.25) is 0 Å². The minimum absolute atomic E-state index is 0.207. The van der Waals surface area contributed by atoms with E-state index in [1.807, 2.05) is 23.0 Å². The van der Waals surface area contributed by atoms with E-state index in [2.05, 4.69) is 40.3 Å². The van der Waals surface area contributed by atoms with E-state index in [-0.39, 0.29) is 6.04 Å². The van der Waals surface area contributed by atoms with Crippen molar-refractivity contribution in [3.05, 3.63) is 46.5 Å². The molecule has 0 aliphatic carbocycles. The highest BCUT2D eigenvalue weighted by molar-refractivity contribution is 7.17. The molecule has 6 heteroatoms. The van der Waals surface area contributed by atoms with E-state index >= 15 is 0 Å². The summed E-state index contributed by atoms with van der Waals surface area (Å²) in [5.74, 6) is 1.30. The van der Waals surface area contributed by atoms with Gasteiger partial charge < -0.3 is 5.32 Å². The number of pyridine rings is 1. The molecule has 0 aromatic carbocycles. The van der Waals surface area contributed by atoms with E-state index in [1.54, 1.807) is 11.3 Å². The second-order valence-electron chi connectivity index (χ2n) is 5.66. The van der Waals surface area contributed by atoms with Crippen LogP contribution in [-0.2, 0) is 6.42 Å². The molecule has 0 saturated carbocycles. The SMILES string of the molecule is CC(C)c1nc2sc3c(n2n1)CCNC3c1cccnc1. The molecule has 4 heterocycles. The molecule has 0 radical (unpaired) electrons. The lowest BCUT2D eigenvalue weighted by atomic mass is 10.0. The second-order valence-corrected chi connectivity index (χ2v) is 6.66. The van der Waals surface area contributed by atoms with Gasteiger partial charge in [-0.05, 0) is 11.6 Å². The van der Waals surface area contributed by atoms with E-state index in [0.29, 0.717) is 5.92 Å². The zero-order chi connectivity index (χ0) is 14.4. The van der Waals surface area contributed by atoms with Crippen LogP contribution in [0.5, 0.6) is 0 Å². The van der Waals surface area contributed by atoms with Crippen molar-refractivity contribution < 1.29 is 0 Å². The van der Waals surface area contributed by atoms with E-state index in [1.165, 1.54) is 16.1 Å². The van der Waals surface area contributed by atoms with Crippen molar-refractivity contribution in [3.8, 4) is 0 Å². The summed E-state index contributed by atoms with van der Waals surface area (Å²) < 4.78 is 2.04. The fraction of sp³-hybridized carbons (Fsp3) is 0.400. The van der Waals surface area contributed by atoms with Gasteiger partial charge in [0.1, 0.15) is 0 Å². The maximum absolute atomic E-state index is 4.69. The van der Waals surface area contributed by atoms with Gasteiger partial charge in [-0.15, -0.1) is 0 Å². The van der Waals surface area contributed by atoms with Gasteiger partial charge in [-0.3, -0.25) is 4.98 Å². The van der Waals surface area contributed by atoms with Crippen LogP contribution < -0.4 is 5.32 Å². The van der Waals surface area contributed by atoms with Gasteiger partial charge >= 0.3 is 0 Å². The van der Waals surface area contributed by atoms with Crippen LogP contribution in [-0.4, -0.2) is 26.1 Å². The van der Waals surface area contributed by atoms with Gasteiger partial charge in [-0.25, -0.2) is 9.50 Å². The fourth-order valence-electron chi connectivity index (χ4n) is 2.76. The molecule has 3 aromatic rings. The largest absolute Gasteiger partial charge is 0.305 e. The molecule has 0 amide bonds. The van der Waals surface area contributed by atoms with Gasteiger partial charge in [0, 0.05) is 31.3 Å². The molecular weight excluding hydrogens is 282 g/mol. The maximum Gasteiger partial charge on any atom is 0.212 e. The summed E-state index contributed by atoms with van der Waals surface area (Å²) >= 11 is 1.74. The van der Waals surface area contributed by atoms with Crippen LogP contribution in [0.1, 0.15) is 47.8 Å². The minimum atomic E-state index is 0.207. The van der Waals surface area contributed by atoms with Crippen LogP contribution in [0, 0.1) is 0 Å². The van der Waals surface area contributed by atoms with Gasteiger partial charge in [-0.2, -0.15) is 5.10 Å². The Hall–Kier alpha value is -1.79. The van der Waals surface area contributed by atoms with Gasteiger partial charge in [-0.1, -0.05) is 31.3 Å². The van der Waals surface area contributed by atoms with Crippen molar-refractivity contribution in [3.63, 3.8) is 0 Å². The van der Waals surface area contributed by atoms with Crippen molar-refractivity contribution in [2.45, 2.75) is 32.2 Å². The Morgan fingerprint density at radius 3 is 3.10 bits per heavy atom. The lowest BCUT2D eigenvalue weighted by Gasteiger charge is -2.23. The molecule has 0 bridgehead atoms. The molecule has 108 valence electrons. The maximum atomic E-state index is 4.69. The minimum Gasteiger partial charge on any atom is -0.305 e. The number of fused-ring (bicyclic) bond motifs is 3. The third-order valence-electron chi connectivity index (χ3n) is 3.84. The molecule has 1 aliphatic rings. The third-order valence-corrected chi connectivity index (χ3v) is 4.98. The summed E-state index contributed by atoms with van der Waals surface area (Å²) in [6.45, 7) is 5.22. The zero-order valence-electron chi connectivity index (χ0n) is 12.1. The van der Waals surface area contributed by atoms with E-state index in [0.717, 1.165) is 23.8 Å². The molecule has 5 nitrogen and oxygen atoms in total. The van der Waals surface area contributed by atoms with Crippen LogP contribution >= 0.6 is 11.3 Å². The summed E-state index contributed by atoms with van der Waals surface area (Å²) in [7, 11) is 0. The predicted molar refractivity (Wildman–Crippen MR) is 82.7 cm³/mol. The van der Waals surface area contributed by atoms with Crippen LogP contribution in [0.4, 0.5) is 0 Å². The first-order valence-electron chi connectivity index (χ1n) is 7.25. The number of aromatic nitrogens is 4. The molecule has 3 aromatic heterocycles. The van der Waals surface area contributed by atoms with Crippen molar-refractivity contribution >= 4 is 16.3 Å². The Kier molecular flexibility index (Phi) is 3.01. The van der Waals surface area contributed by atoms with E-state index in [9.17, 15) is 0 Å². The lowest BCUT2D eigenvalue weighted by Crippen LogP contribution is -2.30. The zero-order valence-corrected chi connectivity index (χ0v) is 12.9. The van der Waals surface area contributed by atoms with Crippen molar-refractivity contribution in [2.24, 2.45) is 0 Å². The number of nitrogens with zero attached hydrogens (tertiary/aromatic N) is 4. The topological polar surface area (TPSA) is 55.1 Å². The number of hydrogen-bond acceptors (Lipinski definition) is 5. The van der Waals surface area contributed by atoms with Gasteiger partial charge in [0.15, 0.2) is 5.82 Å². The average molecular weight is 299 g/mol. The first-order chi connectivity index (χ1) is 10.2. The van der Waals surface area contributed by atoms with Gasteiger partial charge in [0.25, 0.3) is 0 Å². The summed E-state index contributed by atoms with van der Waals surface area (Å²) in [4.78, 5) is 11.2. The standard InChI is InChI=1S/C15H17N5S/c1-9(2)14-18-15-20(19-14)11-5-7-17-12(13(11)21-15)10-4-3-6-16-8-10/h3-4,6,8-9,12,17H,5,7H2,1-2H3. The Balaban J connectivity index is 1.83. The summed E-state index contributed by atoms with van der Waals surface area (Å²) in [5, 5.41) is 8.27. The fourth-order valence-corrected chi connectivity index (χ4v) is 3.98. The Labute approximate surface area is 127 Å². The van der Waals surface area contributed by atoms with E-state index in [4.69, 9.17) is 0 Å². The van der Waals surface area contributed by atoms with Crippen LogP contribution in [0.15, 0.2) is 24.5 Å². The molecule has 0 spiro atoms. The number of rotatable bonds is 2. The Morgan fingerprint density at radius 1 is 1.43 bits per heavy atom. The molecule has 0 fully saturated rings. The van der Waals surface area contributed by atoms with Crippen LogP contribution in [0.25, 0.3) is 4.96 Å². The smallest absolute Gasteiger partial charge is 0.212 e. The normalized spacial score (nSPS) is 18.3. The molecule has 21 heavy (non-hydrogen) atoms. The van der Waals surface area contributed by atoms with E-state index < -0.39 is 0 Å². The quantitative estimate of drug-likeness (QED) is 0.790. The summed E-state index contributed by atoms with van der Waals surface area (Å²) in [6, 6.07) is 4.31. The highest BCUT2D eigenvalue weighted by atomic mass is 32.1. The predicted octanol–water partition coefficient (Wildman–Crippen LogP) is 2.54. The second kappa shape index (κ2) is 4.89. The van der Waals surface area contributed by atoms with Gasteiger partial charge in [0.05, 0.1) is 16.6 Å². The molecule has 1 aliphatic heterocycles.